The fourth-order valence-corrected chi connectivity index (χ4v) is 2.26. The number of nitrogens with two attached hydrogens (primary N) is 2. The van der Waals surface area contributed by atoms with E-state index in [9.17, 15) is 4.79 Å². The van der Waals surface area contributed by atoms with Crippen molar-refractivity contribution in [2.24, 2.45) is 5.84 Å². The fraction of sp³-hybridized carbons (Fsp3) is 0.182. The minimum absolute atomic E-state index is 0.371. The highest BCUT2D eigenvalue weighted by Crippen LogP contribution is 2.26. The number of anilines is 1. The van der Waals surface area contributed by atoms with E-state index in [1.54, 1.807) is 19.2 Å². The van der Waals surface area contributed by atoms with Crippen LogP contribution in [0.1, 0.15) is 21.9 Å². The van der Waals surface area contributed by atoms with E-state index in [-0.39, 0.29) is 5.91 Å². The molecule has 2 aromatic heterocycles. The lowest BCUT2D eigenvalue weighted by molar-refractivity contribution is 0.0952. The lowest BCUT2D eigenvalue weighted by atomic mass is 10.2. The lowest BCUT2D eigenvalue weighted by Crippen LogP contribution is -2.30. The molecule has 7 nitrogen and oxygen atoms in total. The van der Waals surface area contributed by atoms with E-state index >= 15 is 0 Å². The maximum absolute atomic E-state index is 11.4. The molecule has 0 saturated heterocycles. The van der Waals surface area contributed by atoms with Crippen LogP contribution in [0.3, 0.4) is 0 Å². The summed E-state index contributed by atoms with van der Waals surface area (Å²) in [6.07, 6.45) is 3.10. The number of nitrogen functional groups attached to an aromatic ring is 2. The van der Waals surface area contributed by atoms with Gasteiger partial charge in [0.1, 0.15) is 16.5 Å². The Hall–Kier alpha value is -2.06. The van der Waals surface area contributed by atoms with Crippen LogP contribution in [0.15, 0.2) is 27.9 Å². The third-order valence-corrected chi connectivity index (χ3v) is 3.40. The van der Waals surface area contributed by atoms with Crippen molar-refractivity contribution >= 4 is 23.5 Å². The van der Waals surface area contributed by atoms with Crippen LogP contribution >= 0.6 is 11.8 Å². The number of hydrogen-bond acceptors (Lipinski definition) is 7. The molecule has 8 heteroatoms. The van der Waals surface area contributed by atoms with Gasteiger partial charge in [-0.25, -0.2) is 15.8 Å². The molecular weight excluding hydrogens is 266 g/mol. The summed E-state index contributed by atoms with van der Waals surface area (Å²) < 4.78 is 5.47. The summed E-state index contributed by atoms with van der Waals surface area (Å²) in [4.78, 5) is 19.5. The first-order valence-corrected chi connectivity index (χ1v) is 6.40. The first-order valence-electron chi connectivity index (χ1n) is 5.41. The maximum atomic E-state index is 11.4. The normalized spacial score (nSPS) is 10.4. The number of aromatic nitrogens is 2. The largest absolute Gasteiger partial charge is 0.465 e. The Morgan fingerprint density at radius 1 is 1.47 bits per heavy atom. The summed E-state index contributed by atoms with van der Waals surface area (Å²) in [6.45, 7) is 1.70. The van der Waals surface area contributed by atoms with Crippen LogP contribution in [0.25, 0.3) is 0 Å². The van der Waals surface area contributed by atoms with Gasteiger partial charge >= 0.3 is 0 Å². The number of carbonyl (C=O) groups is 1. The average Bonchev–Trinajstić information content (AvgIpc) is 2.78. The van der Waals surface area contributed by atoms with E-state index in [0.717, 1.165) is 0 Å². The Morgan fingerprint density at radius 2 is 2.21 bits per heavy atom. The number of carbonyl (C=O) groups excluding carboxylic acids is 1. The Morgan fingerprint density at radius 3 is 2.89 bits per heavy atom. The van der Waals surface area contributed by atoms with Crippen LogP contribution in [-0.4, -0.2) is 15.9 Å². The van der Waals surface area contributed by atoms with Crippen LogP contribution in [0, 0.1) is 6.92 Å². The lowest BCUT2D eigenvalue weighted by Gasteiger charge is -2.00. The first-order chi connectivity index (χ1) is 9.11. The highest BCUT2D eigenvalue weighted by Gasteiger charge is 2.14. The molecule has 2 heterocycles. The Balaban J connectivity index is 2.09. The Kier molecular flexibility index (Phi) is 4.03. The highest BCUT2D eigenvalue weighted by molar-refractivity contribution is 7.98. The summed E-state index contributed by atoms with van der Waals surface area (Å²) >= 11 is 1.39. The molecule has 0 aromatic carbocycles. The van der Waals surface area contributed by atoms with Gasteiger partial charge in [0.2, 0.25) is 0 Å². The molecule has 0 unspecified atom stereocenters. The number of hydrazine groups is 1. The number of aryl methyl sites for hydroxylation is 1. The van der Waals surface area contributed by atoms with Gasteiger partial charge in [-0.3, -0.25) is 10.2 Å². The zero-order valence-corrected chi connectivity index (χ0v) is 11.0. The Labute approximate surface area is 113 Å². The van der Waals surface area contributed by atoms with Crippen molar-refractivity contribution in [1.29, 1.82) is 0 Å². The van der Waals surface area contributed by atoms with Crippen LogP contribution in [0.5, 0.6) is 0 Å². The second kappa shape index (κ2) is 5.72. The van der Waals surface area contributed by atoms with Gasteiger partial charge in [0.15, 0.2) is 5.82 Å². The van der Waals surface area contributed by atoms with Gasteiger partial charge in [0, 0.05) is 12.4 Å². The van der Waals surface area contributed by atoms with E-state index in [1.807, 2.05) is 0 Å². The Bertz CT molecular complexity index is 599. The highest BCUT2D eigenvalue weighted by atomic mass is 32.2. The minimum Gasteiger partial charge on any atom is -0.465 e. The molecule has 2 rings (SSSR count). The van der Waals surface area contributed by atoms with Crippen molar-refractivity contribution < 1.29 is 9.21 Å². The van der Waals surface area contributed by atoms with Gasteiger partial charge in [-0.1, -0.05) is 11.8 Å². The zero-order valence-electron chi connectivity index (χ0n) is 10.2. The van der Waals surface area contributed by atoms with Crippen LogP contribution < -0.4 is 17.0 Å². The van der Waals surface area contributed by atoms with Gasteiger partial charge in [0.05, 0.1) is 11.3 Å². The number of furan rings is 1. The number of thioether (sulfide) groups is 1. The van der Waals surface area contributed by atoms with E-state index in [1.165, 1.54) is 18.0 Å². The summed E-state index contributed by atoms with van der Waals surface area (Å²) in [5.41, 5.74) is 8.18. The molecule has 5 N–H and O–H groups in total. The van der Waals surface area contributed by atoms with E-state index in [0.29, 0.717) is 33.7 Å². The van der Waals surface area contributed by atoms with Crippen molar-refractivity contribution in [1.82, 2.24) is 15.4 Å². The van der Waals surface area contributed by atoms with Gasteiger partial charge < -0.3 is 10.2 Å². The molecule has 0 spiro atoms. The number of nitrogens with one attached hydrogen (secondary N) is 1. The monoisotopic (exact) mass is 279 g/mol. The van der Waals surface area contributed by atoms with Crippen LogP contribution in [-0.2, 0) is 5.75 Å². The summed E-state index contributed by atoms with van der Waals surface area (Å²) in [5, 5.41) is 0.626. The van der Waals surface area contributed by atoms with Crippen LogP contribution in [0.4, 0.5) is 5.82 Å². The molecule has 0 atom stereocenters. The molecule has 2 aromatic rings. The molecule has 1 amide bonds. The van der Waals surface area contributed by atoms with Gasteiger partial charge in [-0.2, -0.15) is 0 Å². The molecule has 0 saturated carbocycles. The smallest absolute Gasteiger partial charge is 0.268 e. The molecule has 19 heavy (non-hydrogen) atoms. The minimum atomic E-state index is -0.378. The van der Waals surface area contributed by atoms with E-state index in [2.05, 4.69) is 15.4 Å². The predicted octanol–water partition coefficient (Wildman–Crippen LogP) is 0.856. The first kappa shape index (κ1) is 13.4. The van der Waals surface area contributed by atoms with Gasteiger partial charge in [0.25, 0.3) is 5.91 Å². The van der Waals surface area contributed by atoms with Crippen molar-refractivity contribution in [3.63, 3.8) is 0 Å². The third-order valence-electron chi connectivity index (χ3n) is 2.39. The van der Waals surface area contributed by atoms with Crippen molar-refractivity contribution in [2.75, 3.05) is 5.73 Å². The van der Waals surface area contributed by atoms with Crippen molar-refractivity contribution in [2.45, 2.75) is 17.7 Å². The number of hydrogen-bond donors (Lipinski definition) is 3. The zero-order chi connectivity index (χ0) is 13.8. The molecular formula is C11H13N5O2S. The molecule has 0 aliphatic rings. The quantitative estimate of drug-likeness (QED) is 0.328. The SMILES string of the molecule is Cc1oc(CSc2nccnc2N)cc1C(=O)NN. The number of amides is 1. The molecule has 0 bridgehead atoms. The van der Waals surface area contributed by atoms with E-state index < -0.39 is 0 Å². The van der Waals surface area contributed by atoms with E-state index in [4.69, 9.17) is 16.0 Å². The van der Waals surface area contributed by atoms with Crippen molar-refractivity contribution in [3.05, 3.63) is 35.5 Å². The molecule has 0 fully saturated rings. The van der Waals surface area contributed by atoms with Gasteiger partial charge in [-0.05, 0) is 13.0 Å². The molecule has 0 aliphatic heterocycles. The molecule has 100 valence electrons. The fourth-order valence-electron chi connectivity index (χ4n) is 1.50. The molecule has 0 radical (unpaired) electrons. The van der Waals surface area contributed by atoms with Crippen molar-refractivity contribution in [3.8, 4) is 0 Å². The topological polar surface area (TPSA) is 120 Å². The summed E-state index contributed by atoms with van der Waals surface area (Å²) in [7, 11) is 0. The predicted molar refractivity (Wildman–Crippen MR) is 71.1 cm³/mol. The second-order valence-corrected chi connectivity index (χ2v) is 4.66. The molecule has 0 aliphatic carbocycles. The van der Waals surface area contributed by atoms with Crippen LogP contribution in [0.2, 0.25) is 0 Å². The maximum Gasteiger partial charge on any atom is 0.268 e. The second-order valence-electron chi connectivity index (χ2n) is 3.69. The number of nitrogens with zero attached hydrogens (tertiary/aromatic N) is 2. The summed E-state index contributed by atoms with van der Waals surface area (Å²) in [6, 6.07) is 1.65. The standard InChI is InChI=1S/C11H13N5O2S/c1-6-8(10(17)16-13)4-7(18-6)5-19-11-9(12)14-2-3-15-11/h2-4H,5,13H2,1H3,(H2,12,14)(H,16,17). The average molecular weight is 279 g/mol. The summed E-state index contributed by atoms with van der Waals surface area (Å²) in [5.74, 6) is 6.74. The number of rotatable bonds is 4. The third kappa shape index (κ3) is 3.04. The van der Waals surface area contributed by atoms with Gasteiger partial charge in [-0.15, -0.1) is 0 Å².